The van der Waals surface area contributed by atoms with Crippen LogP contribution in [0.5, 0.6) is 0 Å². The van der Waals surface area contributed by atoms with Crippen LogP contribution in [0.1, 0.15) is 12.0 Å². The van der Waals surface area contributed by atoms with Gasteiger partial charge in [-0.3, -0.25) is 14.3 Å². The monoisotopic (exact) mass is 446 g/mol. The molecule has 1 fully saturated rings. The second kappa shape index (κ2) is 9.26. The first kappa shape index (κ1) is 21.0. The lowest BCUT2D eigenvalue weighted by molar-refractivity contribution is -0.128. The van der Waals surface area contributed by atoms with Crippen LogP contribution in [0.4, 0.5) is 20.7 Å². The molecule has 1 atom stereocenters. The van der Waals surface area contributed by atoms with E-state index in [4.69, 9.17) is 9.26 Å². The number of hydrogen-bond acceptors (Lipinski definition) is 7. The molecule has 0 aliphatic carbocycles. The highest BCUT2D eigenvalue weighted by Crippen LogP contribution is 2.30. The van der Waals surface area contributed by atoms with Gasteiger partial charge < -0.3 is 19.5 Å². The van der Waals surface area contributed by atoms with Crippen LogP contribution in [0.15, 0.2) is 41.1 Å². The number of ether oxygens (including phenoxy) is 1. The lowest BCUT2D eigenvalue weighted by Gasteiger charge is -2.26. The van der Waals surface area contributed by atoms with Crippen molar-refractivity contribution in [2.24, 2.45) is 0 Å². The Hall–Kier alpha value is -3.26. The van der Waals surface area contributed by atoms with E-state index in [0.717, 1.165) is 5.57 Å². The van der Waals surface area contributed by atoms with Gasteiger partial charge in [-0.15, -0.1) is 0 Å². The van der Waals surface area contributed by atoms with Gasteiger partial charge in [-0.1, -0.05) is 11.2 Å². The molecule has 11 heteroatoms. The number of anilines is 2. The van der Waals surface area contributed by atoms with Crippen molar-refractivity contribution in [1.29, 1.82) is 0 Å². The van der Waals surface area contributed by atoms with Crippen molar-refractivity contribution in [1.82, 2.24) is 10.1 Å². The number of cyclic esters (lactones) is 1. The zero-order valence-electron chi connectivity index (χ0n) is 16.5. The summed E-state index contributed by atoms with van der Waals surface area (Å²) in [6.07, 6.45) is 2.74. The molecule has 0 spiro atoms. The van der Waals surface area contributed by atoms with E-state index in [1.54, 1.807) is 29.2 Å². The van der Waals surface area contributed by atoms with Crippen LogP contribution in [-0.2, 0) is 14.1 Å². The second-order valence-corrected chi connectivity index (χ2v) is 7.73. The molecule has 2 amide bonds. The minimum Gasteiger partial charge on any atom is -0.442 e. The van der Waals surface area contributed by atoms with E-state index in [1.165, 1.54) is 17.2 Å². The number of nitrogens with zero attached hydrogens (tertiary/aromatic N) is 3. The zero-order chi connectivity index (χ0) is 21.8. The lowest BCUT2D eigenvalue weighted by Crippen LogP contribution is -2.35. The number of amides is 2. The van der Waals surface area contributed by atoms with Gasteiger partial charge in [0, 0.05) is 24.7 Å². The molecule has 0 saturated carbocycles. The van der Waals surface area contributed by atoms with Gasteiger partial charge in [-0.25, -0.2) is 9.18 Å². The maximum absolute atomic E-state index is 14.8. The van der Waals surface area contributed by atoms with E-state index in [0.29, 0.717) is 43.1 Å². The molecule has 1 aromatic carbocycles. The normalized spacial score (nSPS) is 18.8. The summed E-state index contributed by atoms with van der Waals surface area (Å²) in [6, 6.07) is 6.29. The maximum atomic E-state index is 14.8. The van der Waals surface area contributed by atoms with E-state index in [9.17, 15) is 18.5 Å². The standard InChI is InChI=1S/C20H20FN4O5P/c21-17-9-14(25-11-15(30-20(25)27)10-22-18-5-8-29-23-18)1-2-16(17)13-3-6-24(7-4-13)19(26)12-31-28/h1-3,5,8-9,15H,4,6-7,10-12H2,(H,22,23). The molecule has 0 bridgehead atoms. The molecule has 0 radical (unpaired) electrons. The van der Waals surface area contributed by atoms with Crippen LogP contribution >= 0.6 is 8.46 Å². The summed E-state index contributed by atoms with van der Waals surface area (Å²) in [7, 11) is -0.207. The average Bonchev–Trinajstić information content (AvgIpc) is 3.42. The summed E-state index contributed by atoms with van der Waals surface area (Å²) >= 11 is 0. The van der Waals surface area contributed by atoms with E-state index in [2.05, 4.69) is 10.5 Å². The van der Waals surface area contributed by atoms with Crippen LogP contribution < -0.4 is 10.2 Å². The number of halogens is 1. The number of carbonyl (C=O) groups is 2. The van der Waals surface area contributed by atoms with Crippen molar-refractivity contribution in [2.45, 2.75) is 12.5 Å². The molecule has 3 heterocycles. The molecule has 162 valence electrons. The Balaban J connectivity index is 1.40. The van der Waals surface area contributed by atoms with Crippen molar-refractivity contribution < 1.29 is 27.8 Å². The quantitative estimate of drug-likeness (QED) is 0.652. The smallest absolute Gasteiger partial charge is 0.414 e. The first-order valence-electron chi connectivity index (χ1n) is 9.73. The van der Waals surface area contributed by atoms with Crippen LogP contribution in [0.3, 0.4) is 0 Å². The Labute approximate surface area is 179 Å². The first-order chi connectivity index (χ1) is 15.0. The summed E-state index contributed by atoms with van der Waals surface area (Å²) in [6.45, 7) is 1.42. The summed E-state index contributed by atoms with van der Waals surface area (Å²) < 4.78 is 35.5. The van der Waals surface area contributed by atoms with E-state index < -0.39 is 18.0 Å². The molecule has 2 aliphatic rings. The van der Waals surface area contributed by atoms with Crippen molar-refractivity contribution >= 4 is 37.5 Å². The summed E-state index contributed by atoms with van der Waals surface area (Å²) in [5, 5.41) is 6.74. The molecule has 1 saturated heterocycles. The third kappa shape index (κ3) is 4.74. The fourth-order valence-corrected chi connectivity index (χ4v) is 3.90. The van der Waals surface area contributed by atoms with Crippen LogP contribution in [0.2, 0.25) is 0 Å². The van der Waals surface area contributed by atoms with Gasteiger partial charge in [0.1, 0.15) is 24.3 Å². The summed E-state index contributed by atoms with van der Waals surface area (Å²) in [5.74, 6) is -0.0972. The van der Waals surface area contributed by atoms with Crippen molar-refractivity contribution in [3.8, 4) is 0 Å². The number of benzene rings is 1. The molecule has 2 aliphatic heterocycles. The molecule has 9 nitrogen and oxygen atoms in total. The molecule has 1 N–H and O–H groups in total. The topological polar surface area (TPSA) is 105 Å². The molecule has 1 unspecified atom stereocenters. The third-order valence-electron chi connectivity index (χ3n) is 5.19. The Morgan fingerprint density at radius 3 is 2.90 bits per heavy atom. The van der Waals surface area contributed by atoms with E-state index in [-0.39, 0.29) is 27.1 Å². The Morgan fingerprint density at radius 1 is 1.35 bits per heavy atom. The lowest BCUT2D eigenvalue weighted by atomic mass is 9.98. The fourth-order valence-electron chi connectivity index (χ4n) is 3.59. The first-order valence-corrected chi connectivity index (χ1v) is 10.7. The third-order valence-corrected chi connectivity index (χ3v) is 5.59. The SMILES string of the molecule is O=PCC(=O)N1CC=C(c2ccc(N3CC(CNc4ccon4)OC3=O)cc2F)CC1. The Kier molecular flexibility index (Phi) is 6.27. The molecular formula is C20H20FN4O5P. The van der Waals surface area contributed by atoms with Gasteiger partial charge >= 0.3 is 6.09 Å². The number of rotatable bonds is 7. The molecular weight excluding hydrogens is 426 g/mol. The number of hydrogen-bond donors (Lipinski definition) is 1. The van der Waals surface area contributed by atoms with Gasteiger partial charge in [0.15, 0.2) is 14.3 Å². The Bertz CT molecular complexity index is 1010. The number of aromatic nitrogens is 1. The van der Waals surface area contributed by atoms with Crippen molar-refractivity contribution in [3.05, 3.63) is 48.0 Å². The van der Waals surface area contributed by atoms with Crippen LogP contribution in [-0.4, -0.2) is 60.5 Å². The van der Waals surface area contributed by atoms with Gasteiger partial charge in [-0.05, 0) is 30.2 Å². The predicted octanol–water partition coefficient (Wildman–Crippen LogP) is 3.16. The van der Waals surface area contributed by atoms with Crippen LogP contribution in [0.25, 0.3) is 5.57 Å². The fraction of sp³-hybridized carbons (Fsp3) is 0.350. The minimum atomic E-state index is -0.539. The Morgan fingerprint density at radius 2 is 2.23 bits per heavy atom. The van der Waals surface area contributed by atoms with Crippen molar-refractivity contribution in [2.75, 3.05) is 42.6 Å². The van der Waals surface area contributed by atoms with Crippen LogP contribution in [0, 0.1) is 5.82 Å². The van der Waals surface area contributed by atoms with E-state index >= 15 is 0 Å². The number of nitrogens with one attached hydrogen (secondary N) is 1. The van der Waals surface area contributed by atoms with E-state index in [1.807, 2.05) is 0 Å². The molecule has 31 heavy (non-hydrogen) atoms. The maximum Gasteiger partial charge on any atom is 0.414 e. The summed E-state index contributed by atoms with van der Waals surface area (Å²) in [4.78, 5) is 27.0. The van der Waals surface area contributed by atoms with Crippen molar-refractivity contribution in [3.63, 3.8) is 0 Å². The minimum absolute atomic E-state index is 0.0483. The largest absolute Gasteiger partial charge is 0.442 e. The van der Waals surface area contributed by atoms with Gasteiger partial charge in [0.25, 0.3) is 0 Å². The average molecular weight is 446 g/mol. The predicted molar refractivity (Wildman–Crippen MR) is 111 cm³/mol. The zero-order valence-corrected chi connectivity index (χ0v) is 17.4. The highest BCUT2D eigenvalue weighted by Gasteiger charge is 2.33. The molecule has 1 aromatic heterocycles. The van der Waals surface area contributed by atoms with Gasteiger partial charge in [0.2, 0.25) is 5.91 Å². The molecule has 4 rings (SSSR count). The summed E-state index contributed by atoms with van der Waals surface area (Å²) in [5.41, 5.74) is 1.65. The second-order valence-electron chi connectivity index (χ2n) is 7.15. The number of carbonyl (C=O) groups excluding carboxylic acids is 2. The highest BCUT2D eigenvalue weighted by atomic mass is 31.1. The molecule has 2 aromatic rings. The highest BCUT2D eigenvalue weighted by molar-refractivity contribution is 7.25. The van der Waals surface area contributed by atoms with Gasteiger partial charge in [-0.2, -0.15) is 0 Å². The van der Waals surface area contributed by atoms with Gasteiger partial charge in [0.05, 0.1) is 18.8 Å².